The van der Waals surface area contributed by atoms with Crippen molar-refractivity contribution in [1.29, 1.82) is 0 Å². The SMILES string of the molecule is C#CC1=CCCC(C=C)=C1.C\C=C/C=C\C(C)=C\C1=Nc2c(CC)cnn2C(NCCNC)C1. The number of aryl methyl sites for hydroxylation is 1. The molecule has 2 N–H and O–H groups in total. The molecule has 2 aliphatic rings. The van der Waals surface area contributed by atoms with Crippen LogP contribution in [0.15, 0.2) is 83.1 Å². The first-order valence-corrected chi connectivity index (χ1v) is 12.1. The molecule has 3 rings (SSSR count). The molecule has 0 fully saturated rings. The predicted molar refractivity (Wildman–Crippen MR) is 146 cm³/mol. The largest absolute Gasteiger partial charge is 0.318 e. The quantitative estimate of drug-likeness (QED) is 0.282. The normalized spacial score (nSPS) is 17.9. The molecule has 0 amide bonds. The van der Waals surface area contributed by atoms with E-state index in [1.165, 1.54) is 16.7 Å². The standard InChI is InChI=1S/C19H29N5.C10H10/c1-5-7-8-9-15(3)12-17-13-18(21-11-10-20-4)24-19(23-17)16(6-2)14-22-24;1-3-9-6-5-7-10(4-2)8-9/h5,7-9,12,14,18,20-21H,6,10-11,13H2,1-4H3;1,4,6,8H,2,5,7H2/b7-5-,9-8-,15-12+;. The second-order valence-electron chi connectivity index (χ2n) is 8.21. The van der Waals surface area contributed by atoms with E-state index in [1.807, 2.05) is 49.2 Å². The minimum absolute atomic E-state index is 0.157. The molecule has 0 saturated carbocycles. The Labute approximate surface area is 205 Å². The maximum Gasteiger partial charge on any atom is 0.155 e. The average Bonchev–Trinajstić information content (AvgIpc) is 3.28. The van der Waals surface area contributed by atoms with Crippen molar-refractivity contribution in [3.8, 4) is 12.3 Å². The lowest BCUT2D eigenvalue weighted by molar-refractivity contribution is 0.379. The van der Waals surface area contributed by atoms with Crippen molar-refractivity contribution in [2.24, 2.45) is 4.99 Å². The fourth-order valence-electron chi connectivity index (χ4n) is 3.69. The van der Waals surface area contributed by atoms with Gasteiger partial charge in [-0.3, -0.25) is 5.32 Å². The highest BCUT2D eigenvalue weighted by molar-refractivity contribution is 5.98. The van der Waals surface area contributed by atoms with Crippen LogP contribution >= 0.6 is 0 Å². The van der Waals surface area contributed by atoms with Crippen LogP contribution in [-0.4, -0.2) is 35.6 Å². The van der Waals surface area contributed by atoms with Crippen LogP contribution in [0.1, 0.15) is 51.8 Å². The number of likely N-dealkylation sites (N-methyl/N-ethyl adjacent to an activating group) is 1. The molecule has 0 bridgehead atoms. The number of fused-ring (bicyclic) bond motifs is 1. The van der Waals surface area contributed by atoms with Crippen molar-refractivity contribution >= 4 is 11.5 Å². The third-order valence-corrected chi connectivity index (χ3v) is 5.55. The van der Waals surface area contributed by atoms with Crippen LogP contribution in [0.2, 0.25) is 0 Å². The Morgan fingerprint density at radius 1 is 1.35 bits per heavy atom. The summed E-state index contributed by atoms with van der Waals surface area (Å²) in [4.78, 5) is 4.86. The van der Waals surface area contributed by atoms with E-state index in [9.17, 15) is 0 Å². The number of nitrogens with one attached hydrogen (secondary N) is 2. The van der Waals surface area contributed by atoms with Crippen LogP contribution < -0.4 is 10.6 Å². The highest BCUT2D eigenvalue weighted by Gasteiger charge is 2.23. The summed E-state index contributed by atoms with van der Waals surface area (Å²) in [5, 5.41) is 11.3. The van der Waals surface area contributed by atoms with Crippen LogP contribution in [0.4, 0.5) is 5.82 Å². The fraction of sp³-hybridized carbons (Fsp3) is 0.379. The van der Waals surface area contributed by atoms with E-state index in [4.69, 9.17) is 11.4 Å². The Morgan fingerprint density at radius 3 is 2.85 bits per heavy atom. The van der Waals surface area contributed by atoms with Gasteiger partial charge in [0.1, 0.15) is 6.17 Å². The van der Waals surface area contributed by atoms with Gasteiger partial charge in [0.2, 0.25) is 0 Å². The van der Waals surface area contributed by atoms with E-state index in [-0.39, 0.29) is 6.17 Å². The molecule has 1 aromatic rings. The van der Waals surface area contributed by atoms with Crippen LogP contribution in [0.5, 0.6) is 0 Å². The molecule has 34 heavy (non-hydrogen) atoms. The lowest BCUT2D eigenvalue weighted by Gasteiger charge is -2.25. The summed E-state index contributed by atoms with van der Waals surface area (Å²) in [6.45, 7) is 11.8. The Balaban J connectivity index is 0.000000340. The second-order valence-corrected chi connectivity index (χ2v) is 8.21. The zero-order chi connectivity index (χ0) is 24.8. The van der Waals surface area contributed by atoms with Gasteiger partial charge in [0, 0.05) is 36.4 Å². The van der Waals surface area contributed by atoms with Crippen molar-refractivity contribution in [2.45, 2.75) is 52.6 Å². The van der Waals surface area contributed by atoms with Crippen molar-refractivity contribution in [2.75, 3.05) is 20.1 Å². The molecule has 0 radical (unpaired) electrons. The molecule has 1 aliphatic carbocycles. The molecule has 1 aliphatic heterocycles. The van der Waals surface area contributed by atoms with Gasteiger partial charge in [0.15, 0.2) is 5.82 Å². The maximum atomic E-state index is 5.22. The maximum absolute atomic E-state index is 5.22. The van der Waals surface area contributed by atoms with Gasteiger partial charge in [-0.25, -0.2) is 9.67 Å². The van der Waals surface area contributed by atoms with E-state index >= 15 is 0 Å². The number of allylic oxidation sites excluding steroid dienone is 11. The lowest BCUT2D eigenvalue weighted by Crippen LogP contribution is -2.35. The monoisotopic (exact) mass is 457 g/mol. The number of terminal acetylenes is 1. The molecule has 1 unspecified atom stereocenters. The summed E-state index contributed by atoms with van der Waals surface area (Å²) in [6, 6.07) is 0. The summed E-state index contributed by atoms with van der Waals surface area (Å²) in [5.74, 6) is 3.59. The van der Waals surface area contributed by atoms with Gasteiger partial charge in [-0.15, -0.1) is 6.42 Å². The smallest absolute Gasteiger partial charge is 0.155 e. The van der Waals surface area contributed by atoms with E-state index in [0.717, 1.165) is 55.9 Å². The van der Waals surface area contributed by atoms with Crippen LogP contribution in [0, 0.1) is 12.3 Å². The molecular formula is C29H39N5. The molecule has 0 saturated heterocycles. The van der Waals surface area contributed by atoms with Gasteiger partial charge in [0.25, 0.3) is 0 Å². The second kappa shape index (κ2) is 14.8. The first kappa shape index (κ1) is 27.0. The molecule has 1 aromatic heterocycles. The summed E-state index contributed by atoms with van der Waals surface area (Å²) < 4.78 is 2.02. The number of rotatable bonds is 9. The Kier molecular flexibility index (Phi) is 11.8. The van der Waals surface area contributed by atoms with Gasteiger partial charge >= 0.3 is 0 Å². The van der Waals surface area contributed by atoms with Crippen LogP contribution in [0.3, 0.4) is 0 Å². The van der Waals surface area contributed by atoms with Crippen molar-refractivity contribution in [3.05, 3.63) is 83.7 Å². The van der Waals surface area contributed by atoms with Crippen LogP contribution in [0.25, 0.3) is 0 Å². The Hall–Kier alpha value is -3.20. The van der Waals surface area contributed by atoms with E-state index in [2.05, 4.69) is 66.4 Å². The first-order valence-electron chi connectivity index (χ1n) is 12.1. The summed E-state index contributed by atoms with van der Waals surface area (Å²) >= 11 is 0. The minimum Gasteiger partial charge on any atom is -0.318 e. The van der Waals surface area contributed by atoms with E-state index in [0.29, 0.717) is 0 Å². The van der Waals surface area contributed by atoms with Gasteiger partial charge in [-0.2, -0.15) is 5.10 Å². The molecule has 2 heterocycles. The van der Waals surface area contributed by atoms with Gasteiger partial charge in [-0.05, 0) is 63.5 Å². The Morgan fingerprint density at radius 2 is 2.18 bits per heavy atom. The van der Waals surface area contributed by atoms with E-state index < -0.39 is 0 Å². The fourth-order valence-corrected chi connectivity index (χ4v) is 3.69. The van der Waals surface area contributed by atoms with Gasteiger partial charge in [-0.1, -0.05) is 55.9 Å². The molecule has 1 atom stereocenters. The molecule has 0 aromatic carbocycles. The molecule has 5 nitrogen and oxygen atoms in total. The molecule has 180 valence electrons. The molecule has 5 heteroatoms. The summed E-state index contributed by atoms with van der Waals surface area (Å²) in [6.07, 6.45) is 27.6. The summed E-state index contributed by atoms with van der Waals surface area (Å²) in [7, 11) is 1.97. The van der Waals surface area contributed by atoms with Crippen molar-refractivity contribution < 1.29 is 0 Å². The predicted octanol–water partition coefficient (Wildman–Crippen LogP) is 5.76. The Bertz CT molecular complexity index is 1040. The van der Waals surface area contributed by atoms with Gasteiger partial charge in [0.05, 0.1) is 6.20 Å². The number of nitrogens with zero attached hydrogens (tertiary/aromatic N) is 3. The van der Waals surface area contributed by atoms with Crippen LogP contribution in [-0.2, 0) is 6.42 Å². The molecule has 0 spiro atoms. The molecular weight excluding hydrogens is 418 g/mol. The number of hydrogen-bond donors (Lipinski definition) is 2. The number of aliphatic imine (C=N–C) groups is 1. The van der Waals surface area contributed by atoms with Crippen molar-refractivity contribution in [1.82, 2.24) is 20.4 Å². The first-order chi connectivity index (χ1) is 16.6. The average molecular weight is 458 g/mol. The third kappa shape index (κ3) is 8.30. The number of hydrogen-bond acceptors (Lipinski definition) is 4. The number of aromatic nitrogens is 2. The minimum atomic E-state index is 0.157. The lowest BCUT2D eigenvalue weighted by atomic mass is 10.0. The highest BCUT2D eigenvalue weighted by Crippen LogP contribution is 2.29. The zero-order valence-electron chi connectivity index (χ0n) is 21.1. The third-order valence-electron chi connectivity index (χ3n) is 5.55. The topological polar surface area (TPSA) is 54.2 Å². The van der Waals surface area contributed by atoms with Gasteiger partial charge < -0.3 is 5.32 Å². The highest BCUT2D eigenvalue weighted by atomic mass is 15.4. The summed E-state index contributed by atoms with van der Waals surface area (Å²) in [5.41, 5.74) is 5.73. The zero-order valence-corrected chi connectivity index (χ0v) is 21.1. The van der Waals surface area contributed by atoms with Crippen molar-refractivity contribution in [3.63, 3.8) is 0 Å². The van der Waals surface area contributed by atoms with E-state index in [1.54, 1.807) is 0 Å².